The molecule has 0 radical (unpaired) electrons. The molecule has 1 aromatic rings. The summed E-state index contributed by atoms with van der Waals surface area (Å²) < 4.78 is 0. The second kappa shape index (κ2) is 4.97. The first kappa shape index (κ1) is 11.0. The van der Waals surface area contributed by atoms with Crippen molar-refractivity contribution in [1.82, 2.24) is 0 Å². The lowest BCUT2D eigenvalue weighted by Crippen LogP contribution is -2.01. The molecular formula is C12H13ClO. The van der Waals surface area contributed by atoms with Crippen LogP contribution in [0.2, 0.25) is 5.02 Å². The van der Waals surface area contributed by atoms with E-state index < -0.39 is 0 Å². The van der Waals surface area contributed by atoms with Crippen LogP contribution >= 0.6 is 11.6 Å². The Morgan fingerprint density at radius 1 is 1.50 bits per heavy atom. The van der Waals surface area contributed by atoms with Crippen molar-refractivity contribution in [1.29, 1.82) is 0 Å². The molecule has 0 bridgehead atoms. The lowest BCUT2D eigenvalue weighted by Gasteiger charge is -2.10. The monoisotopic (exact) mass is 208 g/mol. The molecule has 0 aliphatic heterocycles. The number of benzene rings is 1. The highest BCUT2D eigenvalue weighted by molar-refractivity contribution is 6.30. The van der Waals surface area contributed by atoms with E-state index in [2.05, 4.69) is 6.58 Å². The molecule has 1 rings (SSSR count). The van der Waals surface area contributed by atoms with Crippen molar-refractivity contribution < 1.29 is 4.79 Å². The normalized spacial score (nSPS) is 12.1. The van der Waals surface area contributed by atoms with E-state index in [1.54, 1.807) is 13.0 Å². The predicted molar refractivity (Wildman–Crippen MR) is 59.7 cm³/mol. The van der Waals surface area contributed by atoms with Crippen LogP contribution in [0.4, 0.5) is 0 Å². The highest BCUT2D eigenvalue weighted by atomic mass is 35.5. The maximum atomic E-state index is 11.0. The number of allylic oxidation sites excluding steroid dienone is 1. The molecular weight excluding hydrogens is 196 g/mol. The molecule has 0 heterocycles. The van der Waals surface area contributed by atoms with Gasteiger partial charge in [-0.1, -0.05) is 29.8 Å². The van der Waals surface area contributed by atoms with E-state index >= 15 is 0 Å². The standard InChI is InChI=1S/C12H13ClO/c1-3-10(8-9(2)14)11-4-6-12(13)7-5-11/h3-7,10H,1,8H2,2H3/t10-/m0/s1. The molecule has 0 aromatic heterocycles. The lowest BCUT2D eigenvalue weighted by molar-refractivity contribution is -0.117. The summed E-state index contributed by atoms with van der Waals surface area (Å²) in [6.45, 7) is 5.32. The Labute approximate surface area is 89.4 Å². The molecule has 14 heavy (non-hydrogen) atoms. The summed E-state index contributed by atoms with van der Waals surface area (Å²) in [7, 11) is 0. The number of carbonyl (C=O) groups is 1. The maximum absolute atomic E-state index is 11.0. The molecule has 1 aromatic carbocycles. The Morgan fingerprint density at radius 3 is 2.50 bits per heavy atom. The smallest absolute Gasteiger partial charge is 0.130 e. The Kier molecular flexibility index (Phi) is 3.90. The first-order valence-corrected chi connectivity index (χ1v) is 4.88. The largest absolute Gasteiger partial charge is 0.300 e. The van der Waals surface area contributed by atoms with Gasteiger partial charge in [0.15, 0.2) is 0 Å². The summed E-state index contributed by atoms with van der Waals surface area (Å²) in [5, 5.41) is 0.708. The number of halogens is 1. The molecule has 2 heteroatoms. The average molecular weight is 209 g/mol. The van der Waals surface area contributed by atoms with E-state index in [-0.39, 0.29) is 11.7 Å². The summed E-state index contributed by atoms with van der Waals surface area (Å²) in [6, 6.07) is 7.51. The molecule has 0 saturated carbocycles. The van der Waals surface area contributed by atoms with Crippen LogP contribution in [0.1, 0.15) is 24.8 Å². The van der Waals surface area contributed by atoms with Gasteiger partial charge in [-0.05, 0) is 24.6 Å². The maximum Gasteiger partial charge on any atom is 0.130 e. The Morgan fingerprint density at radius 2 is 2.07 bits per heavy atom. The van der Waals surface area contributed by atoms with Crippen LogP contribution < -0.4 is 0 Å². The van der Waals surface area contributed by atoms with Crippen LogP contribution in [-0.4, -0.2) is 5.78 Å². The van der Waals surface area contributed by atoms with Crippen LogP contribution in [0.15, 0.2) is 36.9 Å². The van der Waals surface area contributed by atoms with Gasteiger partial charge in [0.2, 0.25) is 0 Å². The molecule has 0 spiro atoms. The fourth-order valence-corrected chi connectivity index (χ4v) is 1.48. The van der Waals surface area contributed by atoms with Crippen molar-refractivity contribution in [3.8, 4) is 0 Å². The van der Waals surface area contributed by atoms with Crippen LogP contribution in [0.5, 0.6) is 0 Å². The zero-order valence-corrected chi connectivity index (χ0v) is 8.92. The molecule has 1 atom stereocenters. The summed E-state index contributed by atoms with van der Waals surface area (Å²) in [6.07, 6.45) is 2.30. The number of hydrogen-bond donors (Lipinski definition) is 0. The summed E-state index contributed by atoms with van der Waals surface area (Å²) >= 11 is 5.77. The van der Waals surface area contributed by atoms with E-state index in [1.165, 1.54) is 0 Å². The van der Waals surface area contributed by atoms with Gasteiger partial charge in [0.25, 0.3) is 0 Å². The Hall–Kier alpha value is -1.08. The number of Topliss-reactive ketones (excluding diaryl/α,β-unsaturated/α-hetero) is 1. The second-order valence-corrected chi connectivity index (χ2v) is 3.74. The molecule has 0 unspecified atom stereocenters. The van der Waals surface area contributed by atoms with Gasteiger partial charge in [0, 0.05) is 17.4 Å². The minimum absolute atomic E-state index is 0.102. The van der Waals surface area contributed by atoms with Gasteiger partial charge in [0.1, 0.15) is 5.78 Å². The van der Waals surface area contributed by atoms with Crippen molar-refractivity contribution >= 4 is 17.4 Å². The van der Waals surface area contributed by atoms with E-state index in [4.69, 9.17) is 11.6 Å². The van der Waals surface area contributed by atoms with Crippen molar-refractivity contribution in [3.63, 3.8) is 0 Å². The molecule has 0 aliphatic rings. The molecule has 1 nitrogen and oxygen atoms in total. The van der Waals surface area contributed by atoms with Crippen LogP contribution in [0.3, 0.4) is 0 Å². The van der Waals surface area contributed by atoms with Crippen molar-refractivity contribution in [2.75, 3.05) is 0 Å². The second-order valence-electron chi connectivity index (χ2n) is 3.30. The molecule has 74 valence electrons. The number of rotatable bonds is 4. The predicted octanol–water partition coefficient (Wildman–Crippen LogP) is 3.59. The van der Waals surface area contributed by atoms with E-state index in [0.717, 1.165) is 5.56 Å². The van der Waals surface area contributed by atoms with E-state index in [0.29, 0.717) is 11.4 Å². The fourth-order valence-electron chi connectivity index (χ4n) is 1.36. The van der Waals surface area contributed by atoms with E-state index in [9.17, 15) is 4.79 Å². The van der Waals surface area contributed by atoms with Crippen molar-refractivity contribution in [3.05, 3.63) is 47.5 Å². The SMILES string of the molecule is C=C[C@@H](CC(C)=O)c1ccc(Cl)cc1. The van der Waals surface area contributed by atoms with Crippen LogP contribution in [0.25, 0.3) is 0 Å². The number of carbonyl (C=O) groups excluding carboxylic acids is 1. The van der Waals surface area contributed by atoms with Crippen molar-refractivity contribution in [2.24, 2.45) is 0 Å². The summed E-state index contributed by atoms with van der Waals surface area (Å²) in [4.78, 5) is 11.0. The highest BCUT2D eigenvalue weighted by Gasteiger charge is 2.09. The quantitative estimate of drug-likeness (QED) is 0.692. The van der Waals surface area contributed by atoms with Gasteiger partial charge in [-0.3, -0.25) is 4.79 Å². The van der Waals surface area contributed by atoms with Gasteiger partial charge < -0.3 is 0 Å². The third-order valence-electron chi connectivity index (χ3n) is 2.09. The lowest BCUT2D eigenvalue weighted by atomic mass is 9.94. The van der Waals surface area contributed by atoms with Crippen LogP contribution in [-0.2, 0) is 4.79 Å². The molecule has 0 fully saturated rings. The van der Waals surface area contributed by atoms with E-state index in [1.807, 2.05) is 24.3 Å². The average Bonchev–Trinajstić information content (AvgIpc) is 2.15. The zero-order chi connectivity index (χ0) is 10.6. The van der Waals surface area contributed by atoms with Gasteiger partial charge >= 0.3 is 0 Å². The minimum Gasteiger partial charge on any atom is -0.300 e. The third kappa shape index (κ3) is 3.00. The molecule has 0 N–H and O–H groups in total. The molecule has 0 aliphatic carbocycles. The molecule has 0 saturated heterocycles. The van der Waals surface area contributed by atoms with Gasteiger partial charge in [-0.2, -0.15) is 0 Å². The van der Waals surface area contributed by atoms with Gasteiger partial charge in [0.05, 0.1) is 0 Å². The number of ketones is 1. The minimum atomic E-state index is 0.102. The topological polar surface area (TPSA) is 17.1 Å². The third-order valence-corrected chi connectivity index (χ3v) is 2.34. The first-order valence-electron chi connectivity index (χ1n) is 4.51. The summed E-state index contributed by atoms with van der Waals surface area (Å²) in [5.41, 5.74) is 1.08. The van der Waals surface area contributed by atoms with Gasteiger partial charge in [-0.15, -0.1) is 6.58 Å². The van der Waals surface area contributed by atoms with Crippen LogP contribution in [0, 0.1) is 0 Å². The van der Waals surface area contributed by atoms with Gasteiger partial charge in [-0.25, -0.2) is 0 Å². The number of hydrogen-bond acceptors (Lipinski definition) is 1. The Balaban J connectivity index is 2.84. The fraction of sp³-hybridized carbons (Fsp3) is 0.250. The summed E-state index contributed by atoms with van der Waals surface area (Å²) in [5.74, 6) is 0.273. The highest BCUT2D eigenvalue weighted by Crippen LogP contribution is 2.22. The zero-order valence-electron chi connectivity index (χ0n) is 8.16. The molecule has 0 amide bonds. The first-order chi connectivity index (χ1) is 6.63. The Bertz CT molecular complexity index is 327. The van der Waals surface area contributed by atoms with Crippen molar-refractivity contribution in [2.45, 2.75) is 19.3 Å².